The summed E-state index contributed by atoms with van der Waals surface area (Å²) in [6.45, 7) is 0.791. The van der Waals surface area contributed by atoms with E-state index < -0.39 is 0 Å². The summed E-state index contributed by atoms with van der Waals surface area (Å²) < 4.78 is 10.5. The highest BCUT2D eigenvalue weighted by Gasteiger charge is 2.15. The van der Waals surface area contributed by atoms with Gasteiger partial charge in [-0.1, -0.05) is 18.2 Å². The van der Waals surface area contributed by atoms with Crippen LogP contribution >= 0.6 is 0 Å². The van der Waals surface area contributed by atoms with Crippen LogP contribution in [-0.2, 0) is 4.74 Å². The molecule has 0 aromatic heterocycles. The molecule has 1 aliphatic heterocycles. The maximum absolute atomic E-state index is 5.32. The molecule has 0 spiro atoms. The van der Waals surface area contributed by atoms with Crippen molar-refractivity contribution in [3.63, 3.8) is 0 Å². The lowest BCUT2D eigenvalue weighted by molar-refractivity contribution is 0.222. The molecule has 14 heavy (non-hydrogen) atoms. The Morgan fingerprint density at radius 2 is 2.21 bits per heavy atom. The molecule has 2 rings (SSSR count). The van der Waals surface area contributed by atoms with E-state index in [1.54, 1.807) is 13.4 Å². The van der Waals surface area contributed by atoms with Crippen LogP contribution in [0.1, 0.15) is 17.9 Å². The Bertz CT molecular complexity index is 331. The van der Waals surface area contributed by atoms with Gasteiger partial charge in [0.15, 0.2) is 0 Å². The van der Waals surface area contributed by atoms with Gasteiger partial charge in [0, 0.05) is 11.5 Å². The molecule has 1 atom stereocenters. The molecule has 0 amide bonds. The maximum Gasteiger partial charge on any atom is 0.122 e. The minimum Gasteiger partial charge on any atom is -0.501 e. The second-order valence-corrected chi connectivity index (χ2v) is 3.34. The summed E-state index contributed by atoms with van der Waals surface area (Å²) in [6, 6.07) is 8.14. The summed E-state index contributed by atoms with van der Waals surface area (Å²) in [5.41, 5.74) is 1.24. The van der Waals surface area contributed by atoms with Gasteiger partial charge in [-0.05, 0) is 18.6 Å². The molecule has 74 valence electrons. The minimum atomic E-state index is 0.430. The van der Waals surface area contributed by atoms with Crippen molar-refractivity contribution < 1.29 is 9.47 Å². The summed E-state index contributed by atoms with van der Waals surface area (Å²) in [5, 5.41) is 0. The predicted octanol–water partition coefficient (Wildman–Crippen LogP) is 2.71. The van der Waals surface area contributed by atoms with E-state index in [0.717, 1.165) is 18.8 Å². The second-order valence-electron chi connectivity index (χ2n) is 3.34. The lowest BCUT2D eigenvalue weighted by atomic mass is 9.94. The molecule has 0 unspecified atom stereocenters. The van der Waals surface area contributed by atoms with Crippen LogP contribution in [0.4, 0.5) is 0 Å². The largest absolute Gasteiger partial charge is 0.501 e. The van der Waals surface area contributed by atoms with E-state index in [1.807, 2.05) is 18.2 Å². The first-order valence-corrected chi connectivity index (χ1v) is 4.83. The highest BCUT2D eigenvalue weighted by Crippen LogP contribution is 2.31. The molecular weight excluding hydrogens is 176 g/mol. The van der Waals surface area contributed by atoms with E-state index in [-0.39, 0.29) is 0 Å². The average molecular weight is 190 g/mol. The van der Waals surface area contributed by atoms with Gasteiger partial charge in [0.2, 0.25) is 0 Å². The quantitative estimate of drug-likeness (QED) is 0.713. The van der Waals surface area contributed by atoms with Crippen molar-refractivity contribution in [3.8, 4) is 5.75 Å². The summed E-state index contributed by atoms with van der Waals surface area (Å²) in [5.74, 6) is 1.39. The monoisotopic (exact) mass is 190 g/mol. The van der Waals surface area contributed by atoms with Gasteiger partial charge < -0.3 is 9.47 Å². The maximum atomic E-state index is 5.32. The molecule has 1 aromatic rings. The lowest BCUT2D eigenvalue weighted by Gasteiger charge is -2.19. The number of ether oxygens (including phenoxy) is 2. The van der Waals surface area contributed by atoms with E-state index >= 15 is 0 Å². The van der Waals surface area contributed by atoms with Gasteiger partial charge >= 0.3 is 0 Å². The Labute approximate surface area is 84.2 Å². The van der Waals surface area contributed by atoms with Crippen molar-refractivity contribution in [1.29, 1.82) is 0 Å². The van der Waals surface area contributed by atoms with Crippen molar-refractivity contribution >= 4 is 0 Å². The fourth-order valence-electron chi connectivity index (χ4n) is 1.74. The number of methoxy groups -OCH3 is 1. The molecule has 0 saturated carbocycles. The number of hydrogen-bond donors (Lipinski definition) is 0. The third-order valence-electron chi connectivity index (χ3n) is 2.49. The van der Waals surface area contributed by atoms with Crippen molar-refractivity contribution in [1.82, 2.24) is 0 Å². The normalized spacial score (nSPS) is 20.2. The Morgan fingerprint density at radius 1 is 1.36 bits per heavy atom. The molecule has 2 nitrogen and oxygen atoms in total. The molecule has 0 aliphatic carbocycles. The second kappa shape index (κ2) is 4.18. The summed E-state index contributed by atoms with van der Waals surface area (Å²) in [7, 11) is 1.71. The van der Waals surface area contributed by atoms with E-state index in [4.69, 9.17) is 9.47 Å². The number of para-hydroxylation sites is 1. The van der Waals surface area contributed by atoms with Gasteiger partial charge in [-0.2, -0.15) is 0 Å². The SMILES string of the molecule is COc1ccccc1[C@@H]1C=COCC1. The zero-order chi connectivity index (χ0) is 9.80. The molecule has 0 saturated heterocycles. The van der Waals surface area contributed by atoms with Crippen LogP contribution in [0.2, 0.25) is 0 Å². The molecule has 1 heterocycles. The van der Waals surface area contributed by atoms with Crippen LogP contribution in [-0.4, -0.2) is 13.7 Å². The molecule has 1 aliphatic rings. The molecule has 0 radical (unpaired) electrons. The van der Waals surface area contributed by atoms with Crippen LogP contribution in [0.3, 0.4) is 0 Å². The van der Waals surface area contributed by atoms with Crippen molar-refractivity contribution in [2.45, 2.75) is 12.3 Å². The molecular formula is C12H14O2. The van der Waals surface area contributed by atoms with E-state index in [2.05, 4.69) is 12.1 Å². The Kier molecular flexibility index (Phi) is 2.73. The smallest absolute Gasteiger partial charge is 0.122 e. The summed E-state index contributed by atoms with van der Waals surface area (Å²) in [4.78, 5) is 0. The molecule has 0 bridgehead atoms. The number of allylic oxidation sites excluding steroid dienone is 1. The van der Waals surface area contributed by atoms with Crippen LogP contribution in [0, 0.1) is 0 Å². The highest BCUT2D eigenvalue weighted by molar-refractivity contribution is 5.38. The number of rotatable bonds is 2. The molecule has 0 fully saturated rings. The van der Waals surface area contributed by atoms with Crippen LogP contribution in [0.15, 0.2) is 36.6 Å². The number of hydrogen-bond acceptors (Lipinski definition) is 2. The van der Waals surface area contributed by atoms with Gasteiger partial charge in [-0.15, -0.1) is 0 Å². The fourth-order valence-corrected chi connectivity index (χ4v) is 1.74. The van der Waals surface area contributed by atoms with Crippen molar-refractivity contribution in [3.05, 3.63) is 42.2 Å². The van der Waals surface area contributed by atoms with E-state index in [9.17, 15) is 0 Å². The van der Waals surface area contributed by atoms with Crippen molar-refractivity contribution in [2.75, 3.05) is 13.7 Å². The summed E-state index contributed by atoms with van der Waals surface area (Å²) >= 11 is 0. The molecule has 1 aromatic carbocycles. The molecule has 0 N–H and O–H groups in total. The van der Waals surface area contributed by atoms with Gasteiger partial charge in [0.25, 0.3) is 0 Å². The Hall–Kier alpha value is -1.44. The summed E-state index contributed by atoms with van der Waals surface area (Å²) in [6.07, 6.45) is 4.89. The number of benzene rings is 1. The zero-order valence-electron chi connectivity index (χ0n) is 8.27. The Morgan fingerprint density at radius 3 is 2.93 bits per heavy atom. The van der Waals surface area contributed by atoms with Gasteiger partial charge in [-0.25, -0.2) is 0 Å². The van der Waals surface area contributed by atoms with Crippen LogP contribution in [0.5, 0.6) is 5.75 Å². The fraction of sp³-hybridized carbons (Fsp3) is 0.333. The predicted molar refractivity (Wildman–Crippen MR) is 55.4 cm³/mol. The van der Waals surface area contributed by atoms with Crippen molar-refractivity contribution in [2.24, 2.45) is 0 Å². The van der Waals surface area contributed by atoms with Crippen LogP contribution in [0.25, 0.3) is 0 Å². The van der Waals surface area contributed by atoms with Crippen LogP contribution < -0.4 is 4.74 Å². The first-order chi connectivity index (χ1) is 6.92. The average Bonchev–Trinajstić information content (AvgIpc) is 2.30. The highest BCUT2D eigenvalue weighted by atomic mass is 16.5. The zero-order valence-corrected chi connectivity index (χ0v) is 8.27. The minimum absolute atomic E-state index is 0.430. The third kappa shape index (κ3) is 1.74. The topological polar surface area (TPSA) is 18.5 Å². The van der Waals surface area contributed by atoms with E-state index in [0.29, 0.717) is 5.92 Å². The van der Waals surface area contributed by atoms with Gasteiger partial charge in [0.05, 0.1) is 20.0 Å². The Balaban J connectivity index is 2.29. The van der Waals surface area contributed by atoms with Gasteiger partial charge in [-0.3, -0.25) is 0 Å². The first-order valence-electron chi connectivity index (χ1n) is 4.83. The molecule has 2 heteroatoms. The van der Waals surface area contributed by atoms with Gasteiger partial charge in [0.1, 0.15) is 5.75 Å². The third-order valence-corrected chi connectivity index (χ3v) is 2.49. The first kappa shape index (κ1) is 9.13. The standard InChI is InChI=1S/C12H14O2/c1-13-12-5-3-2-4-11(12)10-6-8-14-9-7-10/h2-6,8,10H,7,9H2,1H3/t10-/m1/s1. The lowest BCUT2D eigenvalue weighted by Crippen LogP contribution is -2.06. The van der Waals surface area contributed by atoms with E-state index in [1.165, 1.54) is 5.56 Å².